The number of nitrogens with zero attached hydrogens (tertiary/aromatic N) is 4. The molecule has 0 bridgehead atoms. The van der Waals surface area contributed by atoms with Crippen molar-refractivity contribution in [1.29, 1.82) is 0 Å². The number of amides is 2. The maximum atomic E-state index is 14.1. The largest absolute Gasteiger partial charge is 0.324 e. The molecule has 2 aromatic carbocycles. The third kappa shape index (κ3) is 3.63. The minimum Gasteiger partial charge on any atom is -0.324 e. The van der Waals surface area contributed by atoms with Crippen LogP contribution in [0.25, 0.3) is 16.7 Å². The first-order chi connectivity index (χ1) is 15.9. The molecule has 1 aliphatic rings. The maximum Gasteiger partial charge on any atom is 0.261 e. The van der Waals surface area contributed by atoms with Crippen LogP contribution in [0.1, 0.15) is 6.42 Å². The van der Waals surface area contributed by atoms with E-state index in [4.69, 9.17) is 0 Å². The highest BCUT2D eigenvalue weighted by Crippen LogP contribution is 2.29. The Morgan fingerprint density at radius 1 is 1.12 bits per heavy atom. The van der Waals surface area contributed by atoms with Gasteiger partial charge in [-0.2, -0.15) is 5.10 Å². The molecule has 1 unspecified atom stereocenters. The number of aromatic amines is 1. The Kier molecular flexibility index (Phi) is 4.93. The number of hydrogen-bond donors (Lipinski definition) is 2. The molecule has 2 aromatic heterocycles. The van der Waals surface area contributed by atoms with Gasteiger partial charge in [0.25, 0.3) is 5.56 Å². The summed E-state index contributed by atoms with van der Waals surface area (Å²) >= 11 is 0. The molecule has 11 heteroatoms. The second-order valence-corrected chi connectivity index (χ2v) is 7.53. The van der Waals surface area contributed by atoms with Crippen LogP contribution >= 0.6 is 0 Å². The Morgan fingerprint density at radius 3 is 2.76 bits per heavy atom. The standard InChI is InChI=1S/C22H16F2N6O3/c23-13-5-6-17(15(24)8-13)29-10-12(7-19(29)31)21(32)28-16-3-1-2-4-18(16)30-20-14(9-27-30)22(33)26-11-25-20/h1-6,8-9,11-12H,7,10H2,(H,28,32)(H,25,26,33). The highest BCUT2D eigenvalue weighted by molar-refractivity contribution is 6.04. The fourth-order valence-electron chi connectivity index (χ4n) is 3.85. The lowest BCUT2D eigenvalue weighted by Crippen LogP contribution is -2.29. The van der Waals surface area contributed by atoms with Crippen molar-refractivity contribution in [3.8, 4) is 5.69 Å². The number of nitrogens with one attached hydrogen (secondary N) is 2. The Balaban J connectivity index is 1.41. The number of fused-ring (bicyclic) bond motifs is 1. The highest BCUT2D eigenvalue weighted by Gasteiger charge is 2.36. The van der Waals surface area contributed by atoms with Crippen LogP contribution in [-0.4, -0.2) is 38.1 Å². The van der Waals surface area contributed by atoms with Crippen LogP contribution < -0.4 is 15.8 Å². The smallest absolute Gasteiger partial charge is 0.261 e. The molecule has 1 atom stereocenters. The monoisotopic (exact) mass is 450 g/mol. The molecule has 2 amide bonds. The van der Waals surface area contributed by atoms with Crippen molar-refractivity contribution in [2.24, 2.45) is 5.92 Å². The molecule has 5 rings (SSSR count). The number of aromatic nitrogens is 4. The van der Waals surface area contributed by atoms with Gasteiger partial charge in [0.2, 0.25) is 11.8 Å². The molecular formula is C22H16F2N6O3. The topological polar surface area (TPSA) is 113 Å². The molecular weight excluding hydrogens is 434 g/mol. The molecule has 3 heterocycles. The molecule has 0 spiro atoms. The summed E-state index contributed by atoms with van der Waals surface area (Å²) < 4.78 is 28.8. The van der Waals surface area contributed by atoms with Gasteiger partial charge in [0.05, 0.1) is 35.5 Å². The first kappa shape index (κ1) is 20.5. The molecule has 1 saturated heterocycles. The summed E-state index contributed by atoms with van der Waals surface area (Å²) in [6.45, 7) is -0.0446. The van der Waals surface area contributed by atoms with Gasteiger partial charge in [-0.1, -0.05) is 12.1 Å². The van der Waals surface area contributed by atoms with Crippen molar-refractivity contribution in [1.82, 2.24) is 19.7 Å². The Morgan fingerprint density at radius 2 is 1.94 bits per heavy atom. The van der Waals surface area contributed by atoms with E-state index in [0.717, 1.165) is 11.0 Å². The molecule has 0 aliphatic carbocycles. The van der Waals surface area contributed by atoms with E-state index in [1.165, 1.54) is 23.3 Å². The molecule has 1 aliphatic heterocycles. The zero-order valence-corrected chi connectivity index (χ0v) is 17.0. The Bertz CT molecular complexity index is 1460. The van der Waals surface area contributed by atoms with E-state index < -0.39 is 29.4 Å². The molecule has 166 valence electrons. The average molecular weight is 450 g/mol. The van der Waals surface area contributed by atoms with Crippen LogP contribution in [-0.2, 0) is 9.59 Å². The molecule has 33 heavy (non-hydrogen) atoms. The maximum absolute atomic E-state index is 14.1. The van der Waals surface area contributed by atoms with Gasteiger partial charge in [0.15, 0.2) is 5.65 Å². The zero-order valence-electron chi connectivity index (χ0n) is 17.0. The molecule has 9 nitrogen and oxygen atoms in total. The molecule has 4 aromatic rings. The first-order valence-electron chi connectivity index (χ1n) is 9.99. The van der Waals surface area contributed by atoms with Crippen molar-refractivity contribution >= 4 is 34.2 Å². The lowest BCUT2D eigenvalue weighted by Gasteiger charge is -2.18. The second-order valence-electron chi connectivity index (χ2n) is 7.53. The minimum atomic E-state index is -0.872. The van der Waals surface area contributed by atoms with Crippen LogP contribution in [0.4, 0.5) is 20.2 Å². The Hall–Kier alpha value is -4.41. The number of para-hydroxylation sites is 2. The summed E-state index contributed by atoms with van der Waals surface area (Å²) in [5.41, 5.74) is 0.773. The van der Waals surface area contributed by atoms with Gasteiger partial charge in [0.1, 0.15) is 17.0 Å². The van der Waals surface area contributed by atoms with E-state index >= 15 is 0 Å². The highest BCUT2D eigenvalue weighted by atomic mass is 19.1. The van der Waals surface area contributed by atoms with Crippen molar-refractivity contribution in [3.63, 3.8) is 0 Å². The third-order valence-corrected chi connectivity index (χ3v) is 5.46. The van der Waals surface area contributed by atoms with E-state index in [1.54, 1.807) is 24.3 Å². The van der Waals surface area contributed by atoms with Gasteiger partial charge in [0, 0.05) is 19.0 Å². The van der Waals surface area contributed by atoms with Crippen LogP contribution in [0.2, 0.25) is 0 Å². The van der Waals surface area contributed by atoms with Crippen molar-refractivity contribution in [2.75, 3.05) is 16.8 Å². The summed E-state index contributed by atoms with van der Waals surface area (Å²) in [6, 6.07) is 9.74. The zero-order chi connectivity index (χ0) is 23.1. The van der Waals surface area contributed by atoms with Crippen LogP contribution in [0, 0.1) is 17.6 Å². The normalized spacial score (nSPS) is 15.9. The van der Waals surface area contributed by atoms with Gasteiger partial charge in [-0.05, 0) is 24.3 Å². The number of halogens is 2. The van der Waals surface area contributed by atoms with Crippen LogP contribution in [0.5, 0.6) is 0 Å². The summed E-state index contributed by atoms with van der Waals surface area (Å²) in [5.74, 6) is -3.25. The van der Waals surface area contributed by atoms with Gasteiger partial charge >= 0.3 is 0 Å². The number of carbonyl (C=O) groups excluding carboxylic acids is 2. The van der Waals surface area contributed by atoms with Crippen LogP contribution in [0.15, 0.2) is 59.8 Å². The van der Waals surface area contributed by atoms with Crippen molar-refractivity contribution < 1.29 is 18.4 Å². The second kappa shape index (κ2) is 7.93. The van der Waals surface area contributed by atoms with Gasteiger partial charge in [-0.15, -0.1) is 0 Å². The molecule has 0 radical (unpaired) electrons. The number of benzene rings is 2. The van der Waals surface area contributed by atoms with Crippen LogP contribution in [0.3, 0.4) is 0 Å². The first-order valence-corrected chi connectivity index (χ1v) is 9.99. The number of hydrogen-bond acceptors (Lipinski definition) is 5. The summed E-state index contributed by atoms with van der Waals surface area (Å²) in [6.07, 6.45) is 2.52. The fourth-order valence-corrected chi connectivity index (χ4v) is 3.85. The lowest BCUT2D eigenvalue weighted by atomic mass is 10.1. The van der Waals surface area contributed by atoms with Crippen molar-refractivity contribution in [3.05, 3.63) is 77.0 Å². The average Bonchev–Trinajstić information content (AvgIpc) is 3.39. The van der Waals surface area contributed by atoms with Gasteiger partial charge < -0.3 is 15.2 Å². The SMILES string of the molecule is O=C(Nc1ccccc1-n1ncc2c(=O)[nH]cnc21)C1CC(=O)N(c2ccc(F)cc2F)C1. The van der Waals surface area contributed by atoms with E-state index in [1.807, 2.05) is 0 Å². The van der Waals surface area contributed by atoms with Gasteiger partial charge in [-0.3, -0.25) is 14.4 Å². The van der Waals surface area contributed by atoms with E-state index in [2.05, 4.69) is 20.4 Å². The third-order valence-electron chi connectivity index (χ3n) is 5.46. The summed E-state index contributed by atoms with van der Waals surface area (Å²) in [5, 5.41) is 7.30. The minimum absolute atomic E-state index is 0.0446. The quantitative estimate of drug-likeness (QED) is 0.496. The Labute approximate surface area is 184 Å². The van der Waals surface area contributed by atoms with E-state index in [9.17, 15) is 23.2 Å². The summed E-state index contributed by atoms with van der Waals surface area (Å²) in [4.78, 5) is 45.2. The fraction of sp³-hybridized carbons (Fsp3) is 0.136. The van der Waals surface area contributed by atoms with E-state index in [-0.39, 0.29) is 29.6 Å². The predicted octanol–water partition coefficient (Wildman–Crippen LogP) is 2.38. The number of rotatable bonds is 4. The van der Waals surface area contributed by atoms with E-state index in [0.29, 0.717) is 23.1 Å². The number of carbonyl (C=O) groups is 2. The summed E-state index contributed by atoms with van der Waals surface area (Å²) in [7, 11) is 0. The predicted molar refractivity (Wildman–Crippen MR) is 115 cm³/mol. The molecule has 1 fully saturated rings. The lowest BCUT2D eigenvalue weighted by molar-refractivity contribution is -0.122. The molecule has 2 N–H and O–H groups in total. The molecule has 0 saturated carbocycles. The number of anilines is 2. The van der Waals surface area contributed by atoms with Gasteiger partial charge in [-0.25, -0.2) is 18.4 Å². The number of H-pyrrole nitrogens is 1. The van der Waals surface area contributed by atoms with Crippen molar-refractivity contribution in [2.45, 2.75) is 6.42 Å².